The number of oxime groups is 1. The van der Waals surface area contributed by atoms with Crippen LogP contribution in [0.5, 0.6) is 0 Å². The summed E-state index contributed by atoms with van der Waals surface area (Å²) < 4.78 is 30.6. The minimum atomic E-state index is -3.34. The van der Waals surface area contributed by atoms with Crippen LogP contribution in [0.4, 0.5) is 5.13 Å². The molecule has 0 spiro atoms. The molecule has 0 radical (unpaired) electrons. The van der Waals surface area contributed by atoms with Crippen molar-refractivity contribution in [2.24, 2.45) is 11.1 Å². The number of aromatic nitrogens is 1. The Balaban J connectivity index is 1.11. The van der Waals surface area contributed by atoms with Gasteiger partial charge in [-0.1, -0.05) is 17.3 Å². The minimum Gasteiger partial charge on any atom is -0.389 e. The molecule has 2 aliphatic heterocycles. The number of ether oxygens (including phenoxy) is 1. The molecule has 6 rings (SSSR count). The highest BCUT2D eigenvalue weighted by Gasteiger charge is 2.38. The molecule has 2 aromatic rings. The third kappa shape index (κ3) is 6.63. The average Bonchev–Trinajstić information content (AvgIpc) is 3.89. The van der Waals surface area contributed by atoms with Gasteiger partial charge in [-0.25, -0.2) is 13.4 Å². The van der Waals surface area contributed by atoms with Crippen LogP contribution in [-0.4, -0.2) is 91.0 Å². The summed E-state index contributed by atoms with van der Waals surface area (Å²) in [4.78, 5) is 41.5. The first-order chi connectivity index (χ1) is 19.8. The molecule has 220 valence electrons. The number of rotatable bonds is 10. The number of nitrogens with one attached hydrogen (secondary N) is 1. The Labute approximate surface area is 243 Å². The standard InChI is InChI=1S/C28H35N5O6S2/c1-18-15-32(11-12-33(18)27(35)20-2-3-20)16-22-14-29-28(40-22)30-26(34)25(31-39-21-10-13-38-17-21)19-4-6-23(7-5-19)41(36,37)24-8-9-24/h4-7,14,18,20-21,24H,2-3,8-13,15-17H2,1H3,(H,29,30,34)/t18-,21+/m0/s1. The molecule has 4 fully saturated rings. The van der Waals surface area contributed by atoms with E-state index in [9.17, 15) is 18.0 Å². The molecule has 0 unspecified atom stereocenters. The van der Waals surface area contributed by atoms with Gasteiger partial charge in [0.15, 0.2) is 26.8 Å². The Morgan fingerprint density at radius 3 is 2.59 bits per heavy atom. The van der Waals surface area contributed by atoms with E-state index in [1.807, 2.05) is 4.90 Å². The van der Waals surface area contributed by atoms with Crippen molar-refractivity contribution in [1.29, 1.82) is 0 Å². The second-order valence-electron chi connectivity index (χ2n) is 11.3. The van der Waals surface area contributed by atoms with Crippen molar-refractivity contribution in [2.75, 3.05) is 38.2 Å². The lowest BCUT2D eigenvalue weighted by molar-refractivity contribution is -0.137. The van der Waals surface area contributed by atoms with Crippen molar-refractivity contribution >= 4 is 43.8 Å². The maximum Gasteiger partial charge on any atom is 0.280 e. The number of benzene rings is 1. The van der Waals surface area contributed by atoms with Gasteiger partial charge in [0.2, 0.25) is 5.91 Å². The summed E-state index contributed by atoms with van der Waals surface area (Å²) in [6, 6.07) is 6.38. The van der Waals surface area contributed by atoms with E-state index < -0.39 is 15.7 Å². The van der Waals surface area contributed by atoms with Crippen molar-refractivity contribution in [3.05, 3.63) is 40.9 Å². The van der Waals surface area contributed by atoms with Crippen LogP contribution in [-0.2, 0) is 35.5 Å². The number of carbonyl (C=O) groups is 2. The van der Waals surface area contributed by atoms with Gasteiger partial charge in [-0.05, 0) is 44.7 Å². The average molecular weight is 602 g/mol. The quantitative estimate of drug-likeness (QED) is 0.325. The summed E-state index contributed by atoms with van der Waals surface area (Å²) >= 11 is 1.39. The molecule has 4 aliphatic rings. The maximum absolute atomic E-state index is 13.4. The first-order valence-corrected chi connectivity index (χ1v) is 16.6. The lowest BCUT2D eigenvalue weighted by atomic mass is 10.1. The number of piperazine rings is 1. The summed E-state index contributed by atoms with van der Waals surface area (Å²) in [5.74, 6) is 0.0279. The summed E-state index contributed by atoms with van der Waals surface area (Å²) in [5.41, 5.74) is 0.481. The van der Waals surface area contributed by atoms with Crippen LogP contribution < -0.4 is 5.32 Å². The van der Waals surface area contributed by atoms with E-state index in [-0.39, 0.29) is 33.9 Å². The van der Waals surface area contributed by atoms with Crippen LogP contribution in [0.1, 0.15) is 49.5 Å². The predicted molar refractivity (Wildman–Crippen MR) is 153 cm³/mol. The number of carbonyl (C=O) groups excluding carboxylic acids is 2. The van der Waals surface area contributed by atoms with Gasteiger partial charge in [0.05, 0.1) is 23.4 Å². The van der Waals surface area contributed by atoms with E-state index >= 15 is 0 Å². The van der Waals surface area contributed by atoms with Crippen molar-refractivity contribution in [2.45, 2.75) is 67.9 Å². The third-order valence-electron chi connectivity index (χ3n) is 7.89. The monoisotopic (exact) mass is 601 g/mol. The van der Waals surface area contributed by atoms with Crippen LogP contribution in [0.15, 0.2) is 40.5 Å². The first-order valence-electron chi connectivity index (χ1n) is 14.2. The molecule has 2 saturated heterocycles. The van der Waals surface area contributed by atoms with E-state index in [0.717, 1.165) is 37.4 Å². The fourth-order valence-corrected chi connectivity index (χ4v) is 7.71. The molecular weight excluding hydrogens is 566 g/mol. The van der Waals surface area contributed by atoms with Crippen LogP contribution in [0, 0.1) is 5.92 Å². The molecule has 2 aliphatic carbocycles. The van der Waals surface area contributed by atoms with E-state index in [1.54, 1.807) is 18.3 Å². The summed E-state index contributed by atoms with van der Waals surface area (Å²) in [5, 5.41) is 7.13. The largest absolute Gasteiger partial charge is 0.389 e. The Hall–Kier alpha value is -2.87. The molecule has 0 bridgehead atoms. The number of hydrogen-bond donors (Lipinski definition) is 1. The SMILES string of the molecule is C[C@H]1CN(Cc2cnc(NC(=O)C(=NO[C@@H]3CCOC3)c3ccc(S(=O)(=O)C4CC4)cc3)s2)CCN1C(=O)C1CC1. The second kappa shape index (κ2) is 11.8. The van der Waals surface area contributed by atoms with E-state index in [0.29, 0.717) is 55.6 Å². The van der Waals surface area contributed by atoms with Gasteiger partial charge in [0.25, 0.3) is 5.91 Å². The lowest BCUT2D eigenvalue weighted by Crippen LogP contribution is -2.54. The van der Waals surface area contributed by atoms with Gasteiger partial charge in [-0.2, -0.15) is 0 Å². The number of anilines is 1. The Morgan fingerprint density at radius 2 is 1.93 bits per heavy atom. The van der Waals surface area contributed by atoms with Gasteiger partial charge >= 0.3 is 0 Å². The molecule has 3 heterocycles. The molecule has 2 saturated carbocycles. The van der Waals surface area contributed by atoms with E-state index in [2.05, 4.69) is 27.3 Å². The normalized spacial score (nSPS) is 23.9. The lowest BCUT2D eigenvalue weighted by Gasteiger charge is -2.39. The molecule has 1 aromatic carbocycles. The Kier molecular flexibility index (Phi) is 8.12. The Bertz CT molecular complexity index is 1410. The van der Waals surface area contributed by atoms with Crippen molar-refractivity contribution < 1.29 is 27.6 Å². The van der Waals surface area contributed by atoms with E-state index in [4.69, 9.17) is 9.57 Å². The van der Waals surface area contributed by atoms with Crippen molar-refractivity contribution in [3.63, 3.8) is 0 Å². The van der Waals surface area contributed by atoms with Crippen LogP contribution in [0.25, 0.3) is 0 Å². The first kappa shape index (κ1) is 28.3. The molecule has 1 N–H and O–H groups in total. The molecule has 41 heavy (non-hydrogen) atoms. The summed E-state index contributed by atoms with van der Waals surface area (Å²) in [6.45, 7) is 6.07. The third-order valence-corrected chi connectivity index (χ3v) is 11.1. The predicted octanol–water partition coefficient (Wildman–Crippen LogP) is 2.67. The molecular formula is C28H35N5O6S2. The zero-order chi connectivity index (χ0) is 28.6. The van der Waals surface area contributed by atoms with E-state index in [1.165, 1.54) is 23.5 Å². The molecule has 13 heteroatoms. The fraction of sp³-hybridized carbons (Fsp3) is 0.571. The van der Waals surface area contributed by atoms with Crippen molar-refractivity contribution in [3.8, 4) is 0 Å². The van der Waals surface area contributed by atoms with Gasteiger partial charge in [-0.15, -0.1) is 11.3 Å². The topological polar surface area (TPSA) is 130 Å². The molecule has 2 amide bonds. The van der Waals surface area contributed by atoms with Crippen molar-refractivity contribution in [1.82, 2.24) is 14.8 Å². The number of amides is 2. The minimum absolute atomic E-state index is 0.0364. The van der Waals surface area contributed by atoms with Crippen LogP contribution >= 0.6 is 11.3 Å². The number of nitrogens with zero attached hydrogens (tertiary/aromatic N) is 4. The van der Waals surface area contributed by atoms with Gasteiger partial charge in [0, 0.05) is 61.2 Å². The number of hydrogen-bond acceptors (Lipinski definition) is 10. The smallest absolute Gasteiger partial charge is 0.280 e. The second-order valence-corrected chi connectivity index (χ2v) is 14.6. The Morgan fingerprint density at radius 1 is 1.15 bits per heavy atom. The molecule has 2 atom stereocenters. The fourth-order valence-electron chi connectivity index (χ4n) is 5.21. The number of sulfone groups is 1. The highest BCUT2D eigenvalue weighted by Crippen LogP contribution is 2.34. The van der Waals surface area contributed by atoms with Crippen LogP contribution in [0.2, 0.25) is 0 Å². The van der Waals surface area contributed by atoms with Crippen LogP contribution in [0.3, 0.4) is 0 Å². The zero-order valence-corrected chi connectivity index (χ0v) is 24.7. The molecule has 11 nitrogen and oxygen atoms in total. The summed E-state index contributed by atoms with van der Waals surface area (Å²) in [6.07, 6.45) is 5.58. The molecule has 1 aromatic heterocycles. The van der Waals surface area contributed by atoms with Gasteiger partial charge in [0.1, 0.15) is 0 Å². The maximum atomic E-state index is 13.4. The number of thiazole rings is 1. The summed E-state index contributed by atoms with van der Waals surface area (Å²) in [7, 11) is -3.34. The zero-order valence-electron chi connectivity index (χ0n) is 23.0. The highest BCUT2D eigenvalue weighted by atomic mass is 32.2. The highest BCUT2D eigenvalue weighted by molar-refractivity contribution is 7.92. The van der Waals surface area contributed by atoms with Gasteiger partial charge < -0.3 is 14.5 Å². The van der Waals surface area contributed by atoms with Gasteiger partial charge in [-0.3, -0.25) is 19.8 Å².